The SMILES string of the molecule is O=C(O)C1(C(=O)NCc2ccncn2)CC1. The third-order valence-electron chi connectivity index (χ3n) is 2.67. The van der Waals surface area contributed by atoms with Crippen molar-refractivity contribution < 1.29 is 14.7 Å². The van der Waals surface area contributed by atoms with E-state index in [0.29, 0.717) is 18.5 Å². The average Bonchev–Trinajstić information content (AvgIpc) is 3.08. The molecule has 1 heterocycles. The van der Waals surface area contributed by atoms with Gasteiger partial charge in [0.15, 0.2) is 0 Å². The number of amides is 1. The van der Waals surface area contributed by atoms with Crippen LogP contribution in [0.3, 0.4) is 0 Å². The Balaban J connectivity index is 1.92. The lowest BCUT2D eigenvalue weighted by atomic mass is 10.1. The number of hydrogen-bond acceptors (Lipinski definition) is 4. The first-order valence-electron chi connectivity index (χ1n) is 4.92. The third kappa shape index (κ3) is 1.86. The van der Waals surface area contributed by atoms with Crippen molar-refractivity contribution >= 4 is 11.9 Å². The smallest absolute Gasteiger partial charge is 0.319 e. The van der Waals surface area contributed by atoms with Gasteiger partial charge in [0.2, 0.25) is 5.91 Å². The highest BCUT2D eigenvalue weighted by atomic mass is 16.4. The molecule has 0 saturated heterocycles. The van der Waals surface area contributed by atoms with Crippen LogP contribution in [0.2, 0.25) is 0 Å². The number of carboxylic acid groups (broad SMARTS) is 1. The second-order valence-corrected chi connectivity index (χ2v) is 3.77. The lowest BCUT2D eigenvalue weighted by Gasteiger charge is -2.09. The minimum absolute atomic E-state index is 0.233. The Hall–Kier alpha value is -1.98. The first-order valence-corrected chi connectivity index (χ1v) is 4.92. The number of aliphatic carboxylic acids is 1. The molecule has 2 N–H and O–H groups in total. The summed E-state index contributed by atoms with van der Waals surface area (Å²) in [5.74, 6) is -1.48. The van der Waals surface area contributed by atoms with Crippen molar-refractivity contribution in [2.45, 2.75) is 19.4 Å². The predicted molar refractivity (Wildman–Crippen MR) is 53.2 cm³/mol. The molecule has 0 aliphatic heterocycles. The van der Waals surface area contributed by atoms with Crippen molar-refractivity contribution in [1.29, 1.82) is 0 Å². The minimum Gasteiger partial charge on any atom is -0.480 e. The van der Waals surface area contributed by atoms with Gasteiger partial charge in [-0.2, -0.15) is 0 Å². The molecular weight excluding hydrogens is 210 g/mol. The van der Waals surface area contributed by atoms with Crippen LogP contribution in [0.5, 0.6) is 0 Å². The normalized spacial score (nSPS) is 16.5. The fraction of sp³-hybridized carbons (Fsp3) is 0.400. The van der Waals surface area contributed by atoms with E-state index in [1.807, 2.05) is 0 Å². The van der Waals surface area contributed by atoms with Crippen molar-refractivity contribution in [3.8, 4) is 0 Å². The first-order chi connectivity index (χ1) is 7.65. The molecule has 1 aromatic rings. The van der Waals surface area contributed by atoms with E-state index in [-0.39, 0.29) is 6.54 Å². The van der Waals surface area contributed by atoms with Crippen LogP contribution in [-0.2, 0) is 16.1 Å². The number of carboxylic acids is 1. The van der Waals surface area contributed by atoms with Gasteiger partial charge in [-0.15, -0.1) is 0 Å². The highest BCUT2D eigenvalue weighted by Crippen LogP contribution is 2.46. The van der Waals surface area contributed by atoms with Crippen LogP contribution in [0, 0.1) is 5.41 Å². The largest absolute Gasteiger partial charge is 0.480 e. The molecule has 6 heteroatoms. The number of rotatable bonds is 4. The van der Waals surface area contributed by atoms with Gasteiger partial charge in [-0.25, -0.2) is 9.97 Å². The zero-order valence-electron chi connectivity index (χ0n) is 8.51. The van der Waals surface area contributed by atoms with E-state index in [0.717, 1.165) is 0 Å². The average molecular weight is 221 g/mol. The molecule has 1 amide bonds. The Morgan fingerprint density at radius 2 is 2.25 bits per heavy atom. The first kappa shape index (κ1) is 10.5. The molecule has 16 heavy (non-hydrogen) atoms. The Morgan fingerprint density at radius 1 is 1.50 bits per heavy atom. The summed E-state index contributed by atoms with van der Waals surface area (Å²) in [4.78, 5) is 30.1. The van der Waals surface area contributed by atoms with Crippen molar-refractivity contribution in [2.75, 3.05) is 0 Å². The molecule has 1 fully saturated rings. The second-order valence-electron chi connectivity index (χ2n) is 3.77. The van der Waals surface area contributed by atoms with E-state index in [9.17, 15) is 9.59 Å². The summed E-state index contributed by atoms with van der Waals surface area (Å²) >= 11 is 0. The van der Waals surface area contributed by atoms with Crippen LogP contribution >= 0.6 is 0 Å². The fourth-order valence-electron chi connectivity index (χ4n) is 1.43. The Bertz CT molecular complexity index is 415. The van der Waals surface area contributed by atoms with E-state index in [1.54, 1.807) is 12.3 Å². The summed E-state index contributed by atoms with van der Waals surface area (Å²) in [5.41, 5.74) is -0.530. The number of nitrogens with zero attached hydrogens (tertiary/aromatic N) is 2. The van der Waals surface area contributed by atoms with Crippen LogP contribution in [0.25, 0.3) is 0 Å². The molecule has 1 aliphatic rings. The summed E-state index contributed by atoms with van der Waals surface area (Å²) in [6.45, 7) is 0.233. The van der Waals surface area contributed by atoms with Crippen LogP contribution in [-0.4, -0.2) is 27.0 Å². The number of nitrogens with one attached hydrogen (secondary N) is 1. The van der Waals surface area contributed by atoms with Gasteiger partial charge in [0.25, 0.3) is 0 Å². The van der Waals surface area contributed by atoms with E-state index in [2.05, 4.69) is 15.3 Å². The monoisotopic (exact) mass is 221 g/mol. The van der Waals surface area contributed by atoms with Crippen LogP contribution in [0.4, 0.5) is 0 Å². The molecule has 0 bridgehead atoms. The maximum atomic E-state index is 11.6. The number of hydrogen-bond donors (Lipinski definition) is 2. The van der Waals surface area contributed by atoms with E-state index < -0.39 is 17.3 Å². The Morgan fingerprint density at radius 3 is 2.75 bits per heavy atom. The zero-order chi connectivity index (χ0) is 11.6. The molecule has 0 atom stereocenters. The third-order valence-corrected chi connectivity index (χ3v) is 2.67. The van der Waals surface area contributed by atoms with Gasteiger partial charge >= 0.3 is 5.97 Å². The molecular formula is C10H11N3O3. The van der Waals surface area contributed by atoms with Crippen molar-refractivity contribution in [1.82, 2.24) is 15.3 Å². The minimum atomic E-state index is -1.19. The molecule has 0 unspecified atom stereocenters. The van der Waals surface area contributed by atoms with Crippen LogP contribution in [0.15, 0.2) is 18.6 Å². The maximum Gasteiger partial charge on any atom is 0.319 e. The molecule has 1 aromatic heterocycles. The van der Waals surface area contributed by atoms with Gasteiger partial charge < -0.3 is 10.4 Å². The number of carbonyl (C=O) groups excluding carboxylic acids is 1. The van der Waals surface area contributed by atoms with Gasteiger partial charge in [0.1, 0.15) is 11.7 Å². The molecule has 84 valence electrons. The predicted octanol–water partition coefficient (Wildman–Crippen LogP) is -0.0424. The quantitative estimate of drug-likeness (QED) is 0.696. The molecule has 1 aliphatic carbocycles. The molecule has 0 radical (unpaired) electrons. The number of carbonyl (C=O) groups is 2. The standard InChI is InChI=1S/C10H11N3O3/c14-8(10(2-3-10)9(15)16)12-5-7-1-4-11-6-13-7/h1,4,6H,2-3,5H2,(H,12,14)(H,15,16). The summed E-state index contributed by atoms with van der Waals surface area (Å²) in [7, 11) is 0. The summed E-state index contributed by atoms with van der Waals surface area (Å²) < 4.78 is 0. The molecule has 2 rings (SSSR count). The summed E-state index contributed by atoms with van der Waals surface area (Å²) in [6.07, 6.45) is 3.78. The van der Waals surface area contributed by atoms with E-state index in [4.69, 9.17) is 5.11 Å². The van der Waals surface area contributed by atoms with Crippen molar-refractivity contribution in [3.05, 3.63) is 24.3 Å². The van der Waals surface area contributed by atoms with Gasteiger partial charge in [-0.05, 0) is 18.9 Å². The van der Waals surface area contributed by atoms with Gasteiger partial charge in [0.05, 0.1) is 12.2 Å². The topological polar surface area (TPSA) is 92.2 Å². The fourth-order valence-corrected chi connectivity index (χ4v) is 1.43. The van der Waals surface area contributed by atoms with E-state index in [1.165, 1.54) is 6.33 Å². The summed E-state index contributed by atoms with van der Waals surface area (Å²) in [5, 5.41) is 11.5. The Labute approximate surface area is 91.7 Å². The lowest BCUT2D eigenvalue weighted by molar-refractivity contribution is -0.149. The van der Waals surface area contributed by atoms with Crippen molar-refractivity contribution in [2.24, 2.45) is 5.41 Å². The van der Waals surface area contributed by atoms with Crippen LogP contribution < -0.4 is 5.32 Å². The Kier molecular flexibility index (Phi) is 2.55. The van der Waals surface area contributed by atoms with Gasteiger partial charge in [-0.3, -0.25) is 9.59 Å². The van der Waals surface area contributed by atoms with Gasteiger partial charge in [-0.1, -0.05) is 0 Å². The molecule has 0 aromatic carbocycles. The van der Waals surface area contributed by atoms with E-state index >= 15 is 0 Å². The van der Waals surface area contributed by atoms with Crippen molar-refractivity contribution in [3.63, 3.8) is 0 Å². The molecule has 0 spiro atoms. The summed E-state index contributed by atoms with van der Waals surface area (Å²) in [6, 6.07) is 1.67. The number of aromatic nitrogens is 2. The van der Waals surface area contributed by atoms with Gasteiger partial charge in [0, 0.05) is 6.20 Å². The highest BCUT2D eigenvalue weighted by molar-refractivity contribution is 6.04. The maximum absolute atomic E-state index is 11.6. The zero-order valence-corrected chi connectivity index (χ0v) is 8.51. The second kappa shape index (κ2) is 3.88. The van der Waals surface area contributed by atoms with Crippen LogP contribution in [0.1, 0.15) is 18.5 Å². The molecule has 6 nitrogen and oxygen atoms in total. The highest BCUT2D eigenvalue weighted by Gasteiger charge is 2.56. The lowest BCUT2D eigenvalue weighted by Crippen LogP contribution is -2.36. The molecule has 1 saturated carbocycles.